The molecule has 0 amide bonds. The van der Waals surface area contributed by atoms with Crippen molar-refractivity contribution in [2.45, 2.75) is 6.92 Å². The number of ether oxygens (including phenoxy) is 1. The zero-order valence-corrected chi connectivity index (χ0v) is 14.0. The lowest BCUT2D eigenvalue weighted by Gasteiger charge is -2.21. The summed E-state index contributed by atoms with van der Waals surface area (Å²) in [6.45, 7) is 5.95. The number of nitriles is 1. The summed E-state index contributed by atoms with van der Waals surface area (Å²) in [5.41, 5.74) is 3.31. The van der Waals surface area contributed by atoms with Crippen LogP contribution in [-0.4, -0.2) is 14.2 Å². The first kappa shape index (κ1) is 17.3. The summed E-state index contributed by atoms with van der Waals surface area (Å²) in [6, 6.07) is 14.0. The fourth-order valence-corrected chi connectivity index (χ4v) is 2.25. The molecule has 0 unspecified atom stereocenters. The van der Waals surface area contributed by atoms with Crippen LogP contribution in [0.2, 0.25) is 0 Å². The number of hydrogen-bond acceptors (Lipinski definition) is 3. The molecule has 0 saturated heterocycles. The van der Waals surface area contributed by atoms with Crippen molar-refractivity contribution in [2.24, 2.45) is 0 Å². The number of methoxy groups -OCH3 is 1. The Morgan fingerprint density at radius 2 is 1.92 bits per heavy atom. The lowest BCUT2D eigenvalue weighted by molar-refractivity contribution is 0.415. The molecule has 0 aliphatic heterocycles. The Hall–Kier alpha value is -3.06. The first-order chi connectivity index (χ1) is 11.5. The molecule has 3 nitrogen and oxygen atoms in total. The summed E-state index contributed by atoms with van der Waals surface area (Å²) in [4.78, 5) is 2.00. The van der Waals surface area contributed by atoms with Gasteiger partial charge in [0.15, 0.2) is 0 Å². The second-order valence-electron chi connectivity index (χ2n) is 5.37. The highest BCUT2D eigenvalue weighted by molar-refractivity contribution is 5.74. The van der Waals surface area contributed by atoms with Gasteiger partial charge >= 0.3 is 0 Å². The molecule has 24 heavy (non-hydrogen) atoms. The molecule has 0 N–H and O–H groups in total. The number of benzene rings is 2. The van der Waals surface area contributed by atoms with Crippen LogP contribution < -0.4 is 9.64 Å². The van der Waals surface area contributed by atoms with Gasteiger partial charge in [0.2, 0.25) is 0 Å². The highest BCUT2D eigenvalue weighted by atomic mass is 19.1. The van der Waals surface area contributed by atoms with Crippen molar-refractivity contribution in [3.05, 3.63) is 77.8 Å². The maximum absolute atomic E-state index is 13.7. The summed E-state index contributed by atoms with van der Waals surface area (Å²) in [5.74, 6) is 0.261. The molecule has 0 aliphatic carbocycles. The average Bonchev–Trinajstić information content (AvgIpc) is 2.60. The topological polar surface area (TPSA) is 36.3 Å². The van der Waals surface area contributed by atoms with Gasteiger partial charge in [-0.05, 0) is 60.5 Å². The molecule has 2 aromatic rings. The fraction of sp³-hybridized carbons (Fsp3) is 0.150. The smallest absolute Gasteiger partial charge is 0.141 e. The quantitative estimate of drug-likeness (QED) is 0.745. The van der Waals surface area contributed by atoms with Crippen molar-refractivity contribution in [3.63, 3.8) is 0 Å². The van der Waals surface area contributed by atoms with E-state index in [-0.39, 0.29) is 5.56 Å². The van der Waals surface area contributed by atoms with Crippen LogP contribution in [0.25, 0.3) is 5.57 Å². The van der Waals surface area contributed by atoms with Crippen LogP contribution in [0.5, 0.6) is 5.75 Å². The van der Waals surface area contributed by atoms with Crippen LogP contribution in [-0.2, 0) is 0 Å². The molecule has 0 atom stereocenters. The molecule has 2 aromatic carbocycles. The highest BCUT2D eigenvalue weighted by Crippen LogP contribution is 2.24. The van der Waals surface area contributed by atoms with E-state index in [1.54, 1.807) is 13.2 Å². The number of hydrogen-bond donors (Lipinski definition) is 0. The number of halogens is 1. The Morgan fingerprint density at radius 1 is 1.25 bits per heavy atom. The zero-order chi connectivity index (χ0) is 17.7. The van der Waals surface area contributed by atoms with E-state index in [1.807, 2.05) is 55.3 Å². The predicted octanol–water partition coefficient (Wildman–Crippen LogP) is 4.76. The lowest BCUT2D eigenvalue weighted by atomic mass is 10.0. The van der Waals surface area contributed by atoms with Gasteiger partial charge in [-0.25, -0.2) is 4.39 Å². The highest BCUT2D eigenvalue weighted by Gasteiger charge is 2.07. The number of nitrogens with zero attached hydrogens (tertiary/aromatic N) is 2. The molecule has 0 fully saturated rings. The maximum atomic E-state index is 13.7. The van der Waals surface area contributed by atoms with E-state index in [0.717, 1.165) is 17.1 Å². The molecule has 122 valence electrons. The number of allylic oxidation sites excluding steroid dienone is 3. The van der Waals surface area contributed by atoms with Gasteiger partial charge in [-0.15, -0.1) is 0 Å². The summed E-state index contributed by atoms with van der Waals surface area (Å²) >= 11 is 0. The number of anilines is 1. The standard InChI is InChI=1S/C20H19FN2O/c1-14(16-5-6-17(13-22)20(21)12-16)11-15(2)23(3)18-7-9-19(24-4)10-8-18/h5-12H,1H2,2-4H3/b15-11-. The SMILES string of the molecule is C=C(/C=C(/C)N(C)c1ccc(OC)cc1)c1ccc(C#N)c(F)c1. The lowest BCUT2D eigenvalue weighted by Crippen LogP contribution is -2.14. The summed E-state index contributed by atoms with van der Waals surface area (Å²) in [7, 11) is 3.57. The molecule has 4 heteroatoms. The van der Waals surface area contributed by atoms with Crippen LogP contribution in [0.3, 0.4) is 0 Å². The van der Waals surface area contributed by atoms with Crippen molar-refractivity contribution >= 4 is 11.3 Å². The third-order valence-electron chi connectivity index (χ3n) is 3.83. The monoisotopic (exact) mass is 322 g/mol. The van der Waals surface area contributed by atoms with Crippen LogP contribution in [0.15, 0.2) is 60.8 Å². The van der Waals surface area contributed by atoms with Crippen LogP contribution in [0.1, 0.15) is 18.1 Å². The van der Waals surface area contributed by atoms with Gasteiger partial charge in [0.05, 0.1) is 12.7 Å². The third-order valence-corrected chi connectivity index (χ3v) is 3.83. The van der Waals surface area contributed by atoms with E-state index in [2.05, 4.69) is 6.58 Å². The van der Waals surface area contributed by atoms with Gasteiger partial charge in [0, 0.05) is 18.4 Å². The third kappa shape index (κ3) is 3.82. The minimum Gasteiger partial charge on any atom is -0.497 e. The Morgan fingerprint density at radius 3 is 2.46 bits per heavy atom. The second-order valence-corrected chi connectivity index (χ2v) is 5.37. The van der Waals surface area contributed by atoms with Gasteiger partial charge in [-0.1, -0.05) is 12.6 Å². The largest absolute Gasteiger partial charge is 0.497 e. The zero-order valence-electron chi connectivity index (χ0n) is 14.0. The Labute approximate surface area is 141 Å². The Balaban J connectivity index is 2.20. The molecular weight excluding hydrogens is 303 g/mol. The van der Waals surface area contributed by atoms with Crippen LogP contribution in [0.4, 0.5) is 10.1 Å². The molecule has 0 spiro atoms. The van der Waals surface area contributed by atoms with Crippen molar-refractivity contribution in [1.29, 1.82) is 5.26 Å². The van der Waals surface area contributed by atoms with Crippen molar-refractivity contribution in [2.75, 3.05) is 19.1 Å². The van der Waals surface area contributed by atoms with E-state index >= 15 is 0 Å². The van der Waals surface area contributed by atoms with Gasteiger partial charge in [-0.2, -0.15) is 5.26 Å². The molecular formula is C20H19FN2O. The first-order valence-electron chi connectivity index (χ1n) is 7.41. The molecule has 0 radical (unpaired) electrons. The molecule has 0 saturated carbocycles. The van der Waals surface area contributed by atoms with Crippen LogP contribution in [0, 0.1) is 17.1 Å². The van der Waals surface area contributed by atoms with Crippen molar-refractivity contribution in [3.8, 4) is 11.8 Å². The van der Waals surface area contributed by atoms with Gasteiger partial charge in [0.1, 0.15) is 17.6 Å². The second kappa shape index (κ2) is 7.47. The van der Waals surface area contributed by atoms with E-state index < -0.39 is 5.82 Å². The molecule has 0 aliphatic rings. The summed E-state index contributed by atoms with van der Waals surface area (Å²) in [6.07, 6.45) is 1.88. The normalized spacial score (nSPS) is 10.9. The van der Waals surface area contributed by atoms with Crippen molar-refractivity contribution < 1.29 is 9.13 Å². The Kier molecular flexibility index (Phi) is 5.39. The van der Waals surface area contributed by atoms with Gasteiger partial charge in [-0.3, -0.25) is 0 Å². The van der Waals surface area contributed by atoms with Gasteiger partial charge in [0.25, 0.3) is 0 Å². The molecule has 2 rings (SSSR count). The van der Waals surface area contributed by atoms with E-state index in [4.69, 9.17) is 10.00 Å². The average molecular weight is 322 g/mol. The minimum absolute atomic E-state index is 0.0302. The minimum atomic E-state index is -0.536. The van der Waals surface area contributed by atoms with E-state index in [0.29, 0.717) is 11.1 Å². The summed E-state index contributed by atoms with van der Waals surface area (Å²) < 4.78 is 18.9. The molecule has 0 heterocycles. The molecule has 0 bridgehead atoms. The van der Waals surface area contributed by atoms with Crippen LogP contribution >= 0.6 is 0 Å². The van der Waals surface area contributed by atoms with Crippen molar-refractivity contribution in [1.82, 2.24) is 0 Å². The predicted molar refractivity (Wildman–Crippen MR) is 95.3 cm³/mol. The van der Waals surface area contributed by atoms with E-state index in [9.17, 15) is 4.39 Å². The van der Waals surface area contributed by atoms with Gasteiger partial charge < -0.3 is 9.64 Å². The Bertz CT molecular complexity index is 817. The first-order valence-corrected chi connectivity index (χ1v) is 7.41. The van der Waals surface area contributed by atoms with E-state index in [1.165, 1.54) is 12.1 Å². The summed E-state index contributed by atoms with van der Waals surface area (Å²) in [5, 5.41) is 8.79. The maximum Gasteiger partial charge on any atom is 0.141 e. The molecule has 0 aromatic heterocycles. The number of rotatable bonds is 5. The fourth-order valence-electron chi connectivity index (χ4n) is 2.25.